The van der Waals surface area contributed by atoms with Crippen LogP contribution in [0, 0.1) is 11.8 Å². The van der Waals surface area contributed by atoms with Crippen LogP contribution < -0.4 is 4.74 Å². The molecule has 2 nitrogen and oxygen atoms in total. The fraction of sp³-hybridized carbons (Fsp3) is 0.600. The van der Waals surface area contributed by atoms with Crippen molar-refractivity contribution < 1.29 is 9.84 Å². The van der Waals surface area contributed by atoms with Crippen molar-refractivity contribution in [1.82, 2.24) is 0 Å². The number of aliphatic hydroxyl groups is 1. The minimum Gasteiger partial charge on any atom is -0.490 e. The second-order valence-electron chi connectivity index (χ2n) is 5.31. The molecule has 2 heteroatoms. The van der Waals surface area contributed by atoms with Gasteiger partial charge in [0.15, 0.2) is 0 Å². The van der Waals surface area contributed by atoms with E-state index in [4.69, 9.17) is 9.84 Å². The summed E-state index contributed by atoms with van der Waals surface area (Å²) in [7, 11) is 0. The van der Waals surface area contributed by atoms with E-state index in [9.17, 15) is 0 Å². The molecule has 94 valence electrons. The molecular formula is C15H22O2. The van der Waals surface area contributed by atoms with Crippen molar-refractivity contribution in [2.24, 2.45) is 11.8 Å². The molecule has 1 aromatic carbocycles. The Labute approximate surface area is 104 Å². The monoisotopic (exact) mass is 234 g/mol. The van der Waals surface area contributed by atoms with E-state index in [0.717, 1.165) is 36.0 Å². The highest BCUT2D eigenvalue weighted by Crippen LogP contribution is 2.31. The van der Waals surface area contributed by atoms with Gasteiger partial charge in [-0.2, -0.15) is 0 Å². The van der Waals surface area contributed by atoms with Crippen LogP contribution in [-0.4, -0.2) is 11.2 Å². The van der Waals surface area contributed by atoms with E-state index in [1.807, 2.05) is 24.3 Å². The highest BCUT2D eigenvalue weighted by Gasteiger charge is 2.25. The molecule has 0 heterocycles. The molecule has 1 fully saturated rings. The molecule has 1 aliphatic rings. The smallest absolute Gasteiger partial charge is 0.119 e. The highest BCUT2D eigenvalue weighted by atomic mass is 16.5. The maximum absolute atomic E-state index is 8.97. The fourth-order valence-electron chi connectivity index (χ4n) is 2.47. The lowest BCUT2D eigenvalue weighted by Crippen LogP contribution is -2.28. The molecule has 3 atom stereocenters. The maximum Gasteiger partial charge on any atom is 0.119 e. The van der Waals surface area contributed by atoms with Gasteiger partial charge in [0, 0.05) is 0 Å². The Morgan fingerprint density at radius 2 is 1.82 bits per heavy atom. The molecule has 1 saturated carbocycles. The van der Waals surface area contributed by atoms with Crippen LogP contribution in [0.5, 0.6) is 5.75 Å². The van der Waals surface area contributed by atoms with Crippen LogP contribution in [0.25, 0.3) is 0 Å². The molecule has 3 unspecified atom stereocenters. The molecule has 1 aromatic rings. The van der Waals surface area contributed by atoms with E-state index in [1.54, 1.807) is 0 Å². The Kier molecular flexibility index (Phi) is 4.06. The van der Waals surface area contributed by atoms with Gasteiger partial charge in [0.05, 0.1) is 12.7 Å². The molecule has 0 bridgehead atoms. The SMILES string of the molecule is CC1CCC(Oc2ccc(CO)cc2)CC1C. The van der Waals surface area contributed by atoms with E-state index in [-0.39, 0.29) is 6.61 Å². The fourth-order valence-corrected chi connectivity index (χ4v) is 2.47. The second-order valence-corrected chi connectivity index (χ2v) is 5.31. The zero-order valence-electron chi connectivity index (χ0n) is 10.7. The number of hydrogen-bond donors (Lipinski definition) is 1. The topological polar surface area (TPSA) is 29.5 Å². The third kappa shape index (κ3) is 3.22. The molecule has 0 amide bonds. The standard InChI is InChI=1S/C15H22O2/c1-11-3-6-15(9-12(11)2)17-14-7-4-13(10-16)5-8-14/h4-5,7-8,11-12,15-16H,3,6,9-10H2,1-2H3. The summed E-state index contributed by atoms with van der Waals surface area (Å²) in [5.41, 5.74) is 0.933. The van der Waals surface area contributed by atoms with E-state index in [0.29, 0.717) is 6.10 Å². The van der Waals surface area contributed by atoms with Crippen LogP contribution in [0.1, 0.15) is 38.7 Å². The van der Waals surface area contributed by atoms with Crippen LogP contribution in [0.3, 0.4) is 0 Å². The van der Waals surface area contributed by atoms with Gasteiger partial charge < -0.3 is 9.84 Å². The summed E-state index contributed by atoms with van der Waals surface area (Å²) in [6.07, 6.45) is 3.94. The van der Waals surface area contributed by atoms with Crippen LogP contribution in [-0.2, 0) is 6.61 Å². The maximum atomic E-state index is 8.97. The molecule has 0 saturated heterocycles. The molecule has 0 aromatic heterocycles. The van der Waals surface area contributed by atoms with Crippen molar-refractivity contribution in [3.8, 4) is 5.75 Å². The summed E-state index contributed by atoms with van der Waals surface area (Å²) >= 11 is 0. The summed E-state index contributed by atoms with van der Waals surface area (Å²) in [6.45, 7) is 4.74. The average molecular weight is 234 g/mol. The molecular weight excluding hydrogens is 212 g/mol. The summed E-state index contributed by atoms with van der Waals surface area (Å²) < 4.78 is 5.99. The predicted molar refractivity (Wildman–Crippen MR) is 69.0 cm³/mol. The third-order valence-electron chi connectivity index (χ3n) is 3.96. The van der Waals surface area contributed by atoms with Crippen LogP contribution in [0.2, 0.25) is 0 Å². The zero-order valence-corrected chi connectivity index (χ0v) is 10.7. The molecule has 0 radical (unpaired) electrons. The Morgan fingerprint density at radius 3 is 2.41 bits per heavy atom. The van der Waals surface area contributed by atoms with Gasteiger partial charge in [-0.25, -0.2) is 0 Å². The molecule has 17 heavy (non-hydrogen) atoms. The van der Waals surface area contributed by atoms with Gasteiger partial charge in [-0.05, 0) is 48.8 Å². The molecule has 1 aliphatic carbocycles. The summed E-state index contributed by atoms with van der Waals surface area (Å²) in [5.74, 6) is 2.51. The molecule has 0 spiro atoms. The molecule has 2 rings (SSSR count). The quantitative estimate of drug-likeness (QED) is 0.868. The molecule has 0 aliphatic heterocycles. The summed E-state index contributed by atoms with van der Waals surface area (Å²) in [5, 5.41) is 8.97. The average Bonchev–Trinajstić information content (AvgIpc) is 2.35. The Morgan fingerprint density at radius 1 is 1.12 bits per heavy atom. The van der Waals surface area contributed by atoms with Gasteiger partial charge in [-0.1, -0.05) is 26.0 Å². The molecule has 1 N–H and O–H groups in total. The predicted octanol–water partition coefficient (Wildman–Crippen LogP) is 3.38. The second kappa shape index (κ2) is 5.54. The largest absolute Gasteiger partial charge is 0.490 e. The minimum atomic E-state index is 0.0955. The van der Waals surface area contributed by atoms with Gasteiger partial charge in [0.25, 0.3) is 0 Å². The van der Waals surface area contributed by atoms with Crippen molar-refractivity contribution in [3.05, 3.63) is 29.8 Å². The minimum absolute atomic E-state index is 0.0955. The Balaban J connectivity index is 1.92. The van der Waals surface area contributed by atoms with Gasteiger partial charge in [-0.3, -0.25) is 0 Å². The number of hydrogen-bond acceptors (Lipinski definition) is 2. The van der Waals surface area contributed by atoms with Crippen molar-refractivity contribution in [1.29, 1.82) is 0 Å². The summed E-state index contributed by atoms with van der Waals surface area (Å²) in [6, 6.07) is 7.75. The number of ether oxygens (including phenoxy) is 1. The van der Waals surface area contributed by atoms with E-state index < -0.39 is 0 Å². The first kappa shape index (κ1) is 12.4. The van der Waals surface area contributed by atoms with Crippen LogP contribution in [0.15, 0.2) is 24.3 Å². The zero-order chi connectivity index (χ0) is 12.3. The summed E-state index contributed by atoms with van der Waals surface area (Å²) in [4.78, 5) is 0. The number of benzene rings is 1. The van der Waals surface area contributed by atoms with Gasteiger partial charge in [-0.15, -0.1) is 0 Å². The van der Waals surface area contributed by atoms with E-state index >= 15 is 0 Å². The first-order chi connectivity index (χ1) is 8.19. The van der Waals surface area contributed by atoms with Crippen molar-refractivity contribution in [2.45, 2.75) is 45.8 Å². The van der Waals surface area contributed by atoms with Crippen LogP contribution >= 0.6 is 0 Å². The lowest BCUT2D eigenvalue weighted by Gasteiger charge is -2.32. The lowest BCUT2D eigenvalue weighted by molar-refractivity contribution is 0.101. The van der Waals surface area contributed by atoms with Gasteiger partial charge in [0.1, 0.15) is 5.75 Å². The van der Waals surface area contributed by atoms with Gasteiger partial charge in [0.2, 0.25) is 0 Å². The van der Waals surface area contributed by atoms with E-state index in [2.05, 4.69) is 13.8 Å². The lowest BCUT2D eigenvalue weighted by atomic mass is 9.80. The van der Waals surface area contributed by atoms with Crippen molar-refractivity contribution >= 4 is 0 Å². The van der Waals surface area contributed by atoms with Gasteiger partial charge >= 0.3 is 0 Å². The first-order valence-electron chi connectivity index (χ1n) is 6.55. The first-order valence-corrected chi connectivity index (χ1v) is 6.55. The van der Waals surface area contributed by atoms with Crippen molar-refractivity contribution in [3.63, 3.8) is 0 Å². The number of rotatable bonds is 3. The van der Waals surface area contributed by atoms with E-state index in [1.165, 1.54) is 6.42 Å². The Bertz CT molecular complexity index is 344. The van der Waals surface area contributed by atoms with Crippen LogP contribution in [0.4, 0.5) is 0 Å². The highest BCUT2D eigenvalue weighted by molar-refractivity contribution is 5.27. The normalized spacial score (nSPS) is 29.0. The third-order valence-corrected chi connectivity index (χ3v) is 3.96. The Hall–Kier alpha value is -1.02. The van der Waals surface area contributed by atoms with Crippen molar-refractivity contribution in [2.75, 3.05) is 0 Å². The number of aliphatic hydroxyl groups excluding tert-OH is 1.